The molecule has 0 unspecified atom stereocenters. The van der Waals surface area contributed by atoms with Gasteiger partial charge in [0.15, 0.2) is 5.78 Å². The van der Waals surface area contributed by atoms with E-state index in [0.29, 0.717) is 24.5 Å². The smallest absolute Gasteiger partial charge is 0.362 e. The van der Waals surface area contributed by atoms with E-state index in [4.69, 9.17) is 25.6 Å². The molecule has 0 amide bonds. The Hall–Kier alpha value is -1.58. The van der Waals surface area contributed by atoms with Crippen LogP contribution in [0.2, 0.25) is 0 Å². The number of aliphatic hydroxyl groups is 1. The first-order valence-electron chi connectivity index (χ1n) is 8.91. The summed E-state index contributed by atoms with van der Waals surface area (Å²) >= 11 is 6.49. The van der Waals surface area contributed by atoms with E-state index in [1.54, 1.807) is 45.0 Å². The SMILES string of the molecule is CCOC(=O)/C(N=Nc1ccc(C(C)=O)cc1)=C(\O)CSP(=S)(OCC)OCC. The number of hydrogen-bond donors (Lipinski definition) is 1. The average molecular weight is 461 g/mol. The van der Waals surface area contributed by atoms with Gasteiger partial charge in [-0.3, -0.25) is 4.79 Å². The van der Waals surface area contributed by atoms with E-state index in [9.17, 15) is 14.7 Å². The summed E-state index contributed by atoms with van der Waals surface area (Å²) in [6.45, 7) is 7.55. The van der Waals surface area contributed by atoms with Crippen LogP contribution in [-0.2, 0) is 30.4 Å². The van der Waals surface area contributed by atoms with Crippen molar-refractivity contribution in [2.24, 2.45) is 10.2 Å². The summed E-state index contributed by atoms with van der Waals surface area (Å²) in [5.41, 5.74) is -2.04. The Morgan fingerprint density at radius 3 is 2.17 bits per heavy atom. The number of aliphatic hydroxyl groups excluding tert-OH is 1. The fourth-order valence-electron chi connectivity index (χ4n) is 1.92. The largest absolute Gasteiger partial charge is 0.509 e. The van der Waals surface area contributed by atoms with Crippen molar-refractivity contribution in [1.82, 2.24) is 0 Å². The minimum Gasteiger partial charge on any atom is -0.509 e. The maximum Gasteiger partial charge on any atom is 0.362 e. The van der Waals surface area contributed by atoms with Gasteiger partial charge in [-0.25, -0.2) is 4.79 Å². The molecule has 29 heavy (non-hydrogen) atoms. The highest BCUT2D eigenvalue weighted by Gasteiger charge is 2.23. The predicted molar refractivity (Wildman–Crippen MR) is 117 cm³/mol. The molecular formula is C18H25N2O6PS2. The van der Waals surface area contributed by atoms with Crippen molar-refractivity contribution in [3.63, 3.8) is 0 Å². The Bertz CT molecular complexity index is 801. The Balaban J connectivity index is 3.07. The van der Waals surface area contributed by atoms with Gasteiger partial charge in [-0.05, 0) is 63.8 Å². The van der Waals surface area contributed by atoms with Crippen LogP contribution >= 0.6 is 17.1 Å². The zero-order valence-electron chi connectivity index (χ0n) is 16.8. The van der Waals surface area contributed by atoms with Gasteiger partial charge in [0.1, 0.15) is 5.76 Å². The van der Waals surface area contributed by atoms with E-state index in [1.807, 2.05) is 0 Å². The highest BCUT2D eigenvalue weighted by Crippen LogP contribution is 2.61. The third-order valence-electron chi connectivity index (χ3n) is 3.22. The molecule has 0 aliphatic carbocycles. The van der Waals surface area contributed by atoms with Gasteiger partial charge in [0, 0.05) is 5.56 Å². The Morgan fingerprint density at radius 2 is 1.69 bits per heavy atom. The molecule has 1 rings (SSSR count). The minimum absolute atomic E-state index is 0.0479. The summed E-state index contributed by atoms with van der Waals surface area (Å²) in [5.74, 6) is -1.27. The normalized spacial score (nSPS) is 12.7. The third-order valence-corrected chi connectivity index (χ3v) is 8.63. The zero-order chi connectivity index (χ0) is 21.9. The lowest BCUT2D eigenvalue weighted by molar-refractivity contribution is -0.138. The standard InChI is InChI=1S/C18H25N2O6PS2/c1-5-24-18(23)17(16(22)12-29-27(28,25-6-2)26-7-3)20-19-15-10-8-14(9-11-15)13(4)21/h8-11,22H,5-7,12H2,1-4H3/b17-16+,20-19?. The number of benzene rings is 1. The van der Waals surface area contributed by atoms with Crippen LogP contribution in [0.3, 0.4) is 0 Å². The van der Waals surface area contributed by atoms with Gasteiger partial charge in [0.05, 0.1) is 31.3 Å². The highest BCUT2D eigenvalue weighted by molar-refractivity contribution is 8.67. The van der Waals surface area contributed by atoms with Crippen molar-refractivity contribution >= 4 is 46.3 Å². The topological polar surface area (TPSA) is 107 Å². The maximum absolute atomic E-state index is 12.2. The molecule has 0 aromatic heterocycles. The average Bonchev–Trinajstić information content (AvgIpc) is 2.67. The lowest BCUT2D eigenvalue weighted by atomic mass is 10.1. The van der Waals surface area contributed by atoms with Crippen molar-refractivity contribution in [3.05, 3.63) is 41.3 Å². The lowest BCUT2D eigenvalue weighted by Gasteiger charge is -2.19. The quantitative estimate of drug-likeness (QED) is 0.111. The molecule has 11 heteroatoms. The summed E-state index contributed by atoms with van der Waals surface area (Å²) in [6.07, 6.45) is 0. The first-order chi connectivity index (χ1) is 13.8. The van der Waals surface area contributed by atoms with E-state index in [2.05, 4.69) is 10.2 Å². The molecule has 1 aromatic rings. The number of esters is 1. The molecule has 160 valence electrons. The van der Waals surface area contributed by atoms with Gasteiger partial charge in [0.25, 0.3) is 0 Å². The van der Waals surface area contributed by atoms with Crippen molar-refractivity contribution in [3.8, 4) is 0 Å². The molecule has 1 N–H and O–H groups in total. The van der Waals surface area contributed by atoms with Crippen LogP contribution in [0.15, 0.2) is 46.0 Å². The molecule has 0 radical (unpaired) electrons. The van der Waals surface area contributed by atoms with Crippen LogP contribution in [-0.4, -0.2) is 42.4 Å². The highest BCUT2D eigenvalue weighted by atomic mass is 32.9. The molecule has 0 fully saturated rings. The van der Waals surface area contributed by atoms with E-state index in [0.717, 1.165) is 11.4 Å². The van der Waals surface area contributed by atoms with Gasteiger partial charge >= 0.3 is 5.97 Å². The summed E-state index contributed by atoms with van der Waals surface area (Å²) in [5, 5.41) is 18.2. The molecule has 0 bridgehead atoms. The van der Waals surface area contributed by atoms with Crippen LogP contribution in [0.4, 0.5) is 5.69 Å². The van der Waals surface area contributed by atoms with Crippen LogP contribution in [0, 0.1) is 0 Å². The fraction of sp³-hybridized carbons (Fsp3) is 0.444. The van der Waals surface area contributed by atoms with Gasteiger partial charge in [-0.1, -0.05) is 11.4 Å². The van der Waals surface area contributed by atoms with Crippen molar-refractivity contribution in [2.75, 3.05) is 25.6 Å². The van der Waals surface area contributed by atoms with Gasteiger partial charge < -0.3 is 18.9 Å². The second-order valence-corrected chi connectivity index (χ2v) is 11.7. The van der Waals surface area contributed by atoms with Crippen molar-refractivity contribution in [1.29, 1.82) is 0 Å². The molecule has 0 aliphatic rings. The van der Waals surface area contributed by atoms with Crippen molar-refractivity contribution < 1.29 is 28.5 Å². The van der Waals surface area contributed by atoms with Crippen LogP contribution < -0.4 is 0 Å². The molecule has 0 saturated heterocycles. The predicted octanol–water partition coefficient (Wildman–Crippen LogP) is 5.34. The van der Waals surface area contributed by atoms with Gasteiger partial charge in [-0.2, -0.15) is 5.11 Å². The molecule has 0 atom stereocenters. The minimum atomic E-state index is -2.65. The molecule has 8 nitrogen and oxygen atoms in total. The number of ether oxygens (including phenoxy) is 1. The lowest BCUT2D eigenvalue weighted by Crippen LogP contribution is -2.09. The Morgan fingerprint density at radius 1 is 1.10 bits per heavy atom. The molecule has 0 saturated carbocycles. The van der Waals surface area contributed by atoms with E-state index in [-0.39, 0.29) is 29.6 Å². The summed E-state index contributed by atoms with van der Waals surface area (Å²) in [7, 11) is 0. The van der Waals surface area contributed by atoms with Crippen LogP contribution in [0.5, 0.6) is 0 Å². The van der Waals surface area contributed by atoms with E-state index >= 15 is 0 Å². The number of hydrogen-bond acceptors (Lipinski definition) is 10. The Labute approximate surface area is 179 Å². The molecule has 0 heterocycles. The van der Waals surface area contributed by atoms with Crippen LogP contribution in [0.25, 0.3) is 0 Å². The molecular weight excluding hydrogens is 435 g/mol. The second-order valence-electron chi connectivity index (χ2n) is 5.38. The number of azo groups is 1. The number of nitrogens with zero attached hydrogens (tertiary/aromatic N) is 2. The summed E-state index contributed by atoms with van der Waals surface area (Å²) in [6, 6.07) is 6.36. The fourth-order valence-corrected chi connectivity index (χ4v) is 6.22. The Kier molecular flexibility index (Phi) is 11.3. The second kappa shape index (κ2) is 12.9. The first-order valence-corrected chi connectivity index (χ1v) is 13.1. The number of carbonyl (C=O) groups excluding carboxylic acids is 2. The monoisotopic (exact) mass is 460 g/mol. The zero-order valence-corrected chi connectivity index (χ0v) is 19.3. The van der Waals surface area contributed by atoms with Gasteiger partial charge in [-0.15, -0.1) is 5.11 Å². The number of ketones is 1. The number of carbonyl (C=O) groups is 2. The van der Waals surface area contributed by atoms with Crippen molar-refractivity contribution in [2.45, 2.75) is 27.7 Å². The summed E-state index contributed by atoms with van der Waals surface area (Å²) in [4.78, 5) is 23.5. The third kappa shape index (κ3) is 8.76. The molecule has 1 aromatic carbocycles. The number of Topliss-reactive ketones (excluding diaryl/α,β-unsaturated/α-hetero) is 1. The number of rotatable bonds is 12. The van der Waals surface area contributed by atoms with E-state index < -0.39 is 11.7 Å². The van der Waals surface area contributed by atoms with Gasteiger partial charge in [0.2, 0.25) is 11.4 Å². The van der Waals surface area contributed by atoms with E-state index in [1.165, 1.54) is 6.92 Å². The maximum atomic E-state index is 12.2. The molecule has 0 aliphatic heterocycles. The molecule has 0 spiro atoms. The first kappa shape index (κ1) is 25.5. The van der Waals surface area contributed by atoms with Crippen LogP contribution in [0.1, 0.15) is 38.1 Å². The summed E-state index contributed by atoms with van der Waals surface area (Å²) < 4.78 is 16.0.